The van der Waals surface area contributed by atoms with Gasteiger partial charge in [0.2, 0.25) is 11.8 Å². The third-order valence-corrected chi connectivity index (χ3v) is 1.84. The predicted octanol–water partition coefficient (Wildman–Crippen LogP) is -0.765. The summed E-state index contributed by atoms with van der Waals surface area (Å²) in [6.45, 7) is 1.84. The number of piperidine rings is 1. The lowest BCUT2D eigenvalue weighted by atomic mass is 9.65. The molecule has 1 atom stereocenters. The average molecular weight is 139 g/mol. The van der Waals surface area contributed by atoms with Gasteiger partial charge in [-0.3, -0.25) is 14.9 Å². The van der Waals surface area contributed by atoms with Crippen LogP contribution in [0.3, 0.4) is 0 Å². The van der Waals surface area contributed by atoms with Crippen molar-refractivity contribution >= 4 is 19.7 Å². The van der Waals surface area contributed by atoms with E-state index in [2.05, 4.69) is 5.32 Å². The first-order valence-corrected chi connectivity index (χ1v) is 3.37. The number of hydrogen-bond acceptors (Lipinski definition) is 2. The normalized spacial score (nSPS) is 33.7. The molecule has 10 heavy (non-hydrogen) atoms. The molecule has 4 heteroatoms. The average Bonchev–Trinajstić information content (AvgIpc) is 1.81. The zero-order chi connectivity index (χ0) is 7.78. The zero-order valence-electron chi connectivity index (χ0n) is 6.23. The molecule has 54 valence electrons. The van der Waals surface area contributed by atoms with Crippen LogP contribution in [0.4, 0.5) is 0 Å². The van der Waals surface area contributed by atoms with Gasteiger partial charge in [0, 0.05) is 11.7 Å². The van der Waals surface area contributed by atoms with Crippen LogP contribution in [0.5, 0.6) is 0 Å². The van der Waals surface area contributed by atoms with Gasteiger partial charge in [-0.2, -0.15) is 0 Å². The molecule has 0 bridgehead atoms. The minimum atomic E-state index is -0.353. The van der Waals surface area contributed by atoms with Crippen LogP contribution < -0.4 is 5.32 Å². The van der Waals surface area contributed by atoms with Gasteiger partial charge in [0.1, 0.15) is 7.85 Å². The van der Waals surface area contributed by atoms with Crippen LogP contribution in [0.2, 0.25) is 5.31 Å². The van der Waals surface area contributed by atoms with Crippen LogP contribution in [0.15, 0.2) is 0 Å². The predicted molar refractivity (Wildman–Crippen MR) is 39.3 cm³/mol. The van der Waals surface area contributed by atoms with E-state index in [0.717, 1.165) is 0 Å². The molecule has 1 fully saturated rings. The molecule has 1 aliphatic rings. The molecular formula is C6H10BNO2. The molecule has 0 aliphatic carbocycles. The Balaban J connectivity index is 2.70. The van der Waals surface area contributed by atoms with Crippen molar-refractivity contribution in [3.63, 3.8) is 0 Å². The maximum atomic E-state index is 11.0. The van der Waals surface area contributed by atoms with Crippen LogP contribution in [-0.4, -0.2) is 19.7 Å². The van der Waals surface area contributed by atoms with Crippen molar-refractivity contribution < 1.29 is 9.59 Å². The molecule has 0 radical (unpaired) electrons. The Labute approximate surface area is 60.6 Å². The van der Waals surface area contributed by atoms with Crippen LogP contribution in [-0.2, 0) is 9.59 Å². The highest BCUT2D eigenvalue weighted by Gasteiger charge is 2.33. The van der Waals surface area contributed by atoms with E-state index in [1.807, 2.05) is 14.8 Å². The first-order valence-electron chi connectivity index (χ1n) is 3.37. The molecule has 2 amide bonds. The van der Waals surface area contributed by atoms with Crippen molar-refractivity contribution in [1.82, 2.24) is 5.32 Å². The largest absolute Gasteiger partial charge is 0.297 e. The van der Waals surface area contributed by atoms with Gasteiger partial charge in [0.15, 0.2) is 0 Å². The molecule has 1 aliphatic heterocycles. The highest BCUT2D eigenvalue weighted by atomic mass is 16.2. The Morgan fingerprint density at radius 1 is 1.60 bits per heavy atom. The second-order valence-electron chi connectivity index (χ2n) is 3.26. The molecule has 0 aromatic heterocycles. The lowest BCUT2D eigenvalue weighted by Crippen LogP contribution is -2.43. The monoisotopic (exact) mass is 139 g/mol. The molecule has 0 spiro atoms. The highest BCUT2D eigenvalue weighted by Crippen LogP contribution is 2.29. The van der Waals surface area contributed by atoms with E-state index in [4.69, 9.17) is 0 Å². The summed E-state index contributed by atoms with van der Waals surface area (Å²) in [5.41, 5.74) is 0. The second kappa shape index (κ2) is 2.11. The summed E-state index contributed by atoms with van der Waals surface area (Å²) in [6, 6.07) is 0. The van der Waals surface area contributed by atoms with Gasteiger partial charge < -0.3 is 0 Å². The minimum absolute atomic E-state index is 0.149. The van der Waals surface area contributed by atoms with Crippen molar-refractivity contribution in [2.45, 2.75) is 25.1 Å². The van der Waals surface area contributed by atoms with Crippen molar-refractivity contribution in [2.24, 2.45) is 0 Å². The quantitative estimate of drug-likeness (QED) is 0.354. The first-order chi connectivity index (χ1) is 4.52. The molecule has 0 aromatic rings. The Bertz CT molecular complexity index is 188. The second-order valence-corrected chi connectivity index (χ2v) is 3.26. The number of hydrogen-bond donors (Lipinski definition) is 1. The first kappa shape index (κ1) is 7.31. The summed E-state index contributed by atoms with van der Waals surface area (Å²) in [7, 11) is 1.84. The number of imide groups is 1. The summed E-state index contributed by atoms with van der Waals surface area (Å²) in [4.78, 5) is 21.6. The summed E-state index contributed by atoms with van der Waals surface area (Å²) in [5.74, 6) is -0.298. The topological polar surface area (TPSA) is 46.2 Å². The standard InChI is InChI=1S/C6H10BNO2/c1-6(7)3-2-4(9)8-5(6)10/h2-3,7H2,1H3,(H,8,9,10). The molecule has 1 saturated heterocycles. The summed E-state index contributed by atoms with van der Waals surface area (Å²) in [6.07, 6.45) is 1.14. The van der Waals surface area contributed by atoms with Gasteiger partial charge in [-0.05, 0) is 6.42 Å². The Morgan fingerprint density at radius 3 is 2.60 bits per heavy atom. The van der Waals surface area contributed by atoms with Crippen LogP contribution in [0.25, 0.3) is 0 Å². The maximum absolute atomic E-state index is 11.0. The van der Waals surface area contributed by atoms with Gasteiger partial charge in [0.05, 0.1) is 0 Å². The third kappa shape index (κ3) is 1.20. The van der Waals surface area contributed by atoms with E-state index in [1.54, 1.807) is 0 Å². The van der Waals surface area contributed by atoms with Crippen molar-refractivity contribution in [3.8, 4) is 0 Å². The van der Waals surface area contributed by atoms with E-state index < -0.39 is 0 Å². The van der Waals surface area contributed by atoms with Crippen LogP contribution in [0.1, 0.15) is 19.8 Å². The lowest BCUT2D eigenvalue weighted by molar-refractivity contribution is -0.135. The van der Waals surface area contributed by atoms with Gasteiger partial charge in [0.25, 0.3) is 0 Å². The van der Waals surface area contributed by atoms with E-state index in [-0.39, 0.29) is 17.1 Å². The molecule has 1 rings (SSSR count). The Kier molecular flexibility index (Phi) is 1.54. The van der Waals surface area contributed by atoms with Crippen molar-refractivity contribution in [1.29, 1.82) is 0 Å². The van der Waals surface area contributed by atoms with E-state index in [0.29, 0.717) is 12.8 Å². The van der Waals surface area contributed by atoms with Gasteiger partial charge >= 0.3 is 0 Å². The SMILES string of the molecule is BC1(C)CCC(=O)NC1=O. The number of carbonyl (C=O) groups excluding carboxylic acids is 2. The van der Waals surface area contributed by atoms with Crippen LogP contribution in [0, 0.1) is 0 Å². The number of carbonyl (C=O) groups is 2. The summed E-state index contributed by atoms with van der Waals surface area (Å²) >= 11 is 0. The third-order valence-electron chi connectivity index (χ3n) is 1.84. The summed E-state index contributed by atoms with van der Waals surface area (Å²) < 4.78 is 0. The smallest absolute Gasteiger partial charge is 0.226 e. The fourth-order valence-corrected chi connectivity index (χ4v) is 0.898. The zero-order valence-corrected chi connectivity index (χ0v) is 6.23. The van der Waals surface area contributed by atoms with Crippen molar-refractivity contribution in [2.75, 3.05) is 0 Å². The number of amides is 2. The molecule has 0 saturated carbocycles. The van der Waals surface area contributed by atoms with Crippen LogP contribution >= 0.6 is 0 Å². The Hall–Kier alpha value is -0.795. The number of nitrogens with one attached hydrogen (secondary N) is 1. The molecule has 1 N–H and O–H groups in total. The van der Waals surface area contributed by atoms with E-state index in [9.17, 15) is 9.59 Å². The fraction of sp³-hybridized carbons (Fsp3) is 0.667. The van der Waals surface area contributed by atoms with Gasteiger partial charge in [-0.1, -0.05) is 6.92 Å². The Morgan fingerprint density at radius 2 is 2.20 bits per heavy atom. The van der Waals surface area contributed by atoms with E-state index >= 15 is 0 Å². The molecular weight excluding hydrogens is 129 g/mol. The van der Waals surface area contributed by atoms with Crippen molar-refractivity contribution in [3.05, 3.63) is 0 Å². The minimum Gasteiger partial charge on any atom is -0.297 e. The van der Waals surface area contributed by atoms with E-state index in [1.165, 1.54) is 0 Å². The molecule has 1 heterocycles. The molecule has 0 aromatic carbocycles. The maximum Gasteiger partial charge on any atom is 0.226 e. The van der Waals surface area contributed by atoms with Gasteiger partial charge in [-0.25, -0.2) is 0 Å². The van der Waals surface area contributed by atoms with Gasteiger partial charge in [-0.15, -0.1) is 0 Å². The molecule has 1 unspecified atom stereocenters. The lowest BCUT2D eigenvalue weighted by Gasteiger charge is -2.27. The summed E-state index contributed by atoms with van der Waals surface area (Å²) in [5, 5.41) is 1.94. The highest BCUT2D eigenvalue weighted by molar-refractivity contribution is 6.30. The fourth-order valence-electron chi connectivity index (χ4n) is 0.898. The molecule has 3 nitrogen and oxygen atoms in total. The number of rotatable bonds is 0.